The van der Waals surface area contributed by atoms with E-state index in [0.717, 1.165) is 4.90 Å². The fourth-order valence-corrected chi connectivity index (χ4v) is 2.04. The molecule has 6 heteroatoms. The van der Waals surface area contributed by atoms with E-state index < -0.39 is 5.97 Å². The number of carboxylic acid groups (broad SMARTS) is 1. The summed E-state index contributed by atoms with van der Waals surface area (Å²) in [6, 6.07) is 7.12. The lowest BCUT2D eigenvalue weighted by molar-refractivity contribution is -0.142. The highest BCUT2D eigenvalue weighted by atomic mass is 35.5. The molecule has 4 nitrogen and oxygen atoms in total. The highest BCUT2D eigenvalue weighted by Crippen LogP contribution is 2.20. The largest absolute Gasteiger partial charge is 0.480 e. The summed E-state index contributed by atoms with van der Waals surface area (Å²) in [7, 11) is 1.47. The highest BCUT2D eigenvalue weighted by Gasteiger charge is 2.11. The van der Waals surface area contributed by atoms with Gasteiger partial charge in [-0.1, -0.05) is 11.6 Å². The summed E-state index contributed by atoms with van der Waals surface area (Å²) in [5.74, 6) is -1.02. The van der Waals surface area contributed by atoms with Gasteiger partial charge in [-0.15, -0.1) is 11.8 Å². The minimum Gasteiger partial charge on any atom is -0.480 e. The number of benzene rings is 1. The first-order valence-electron chi connectivity index (χ1n) is 4.83. The van der Waals surface area contributed by atoms with E-state index in [-0.39, 0.29) is 18.2 Å². The maximum Gasteiger partial charge on any atom is 0.323 e. The predicted octanol–water partition coefficient (Wildman–Crippen LogP) is 1.98. The van der Waals surface area contributed by atoms with E-state index in [2.05, 4.69) is 0 Å². The molecule has 0 bridgehead atoms. The molecule has 0 aliphatic rings. The number of hydrogen-bond donors (Lipinski definition) is 1. The molecule has 0 heterocycles. The van der Waals surface area contributed by atoms with Gasteiger partial charge in [0.2, 0.25) is 5.91 Å². The highest BCUT2D eigenvalue weighted by molar-refractivity contribution is 8.00. The van der Waals surface area contributed by atoms with Crippen LogP contribution < -0.4 is 0 Å². The number of carbonyl (C=O) groups is 2. The van der Waals surface area contributed by atoms with Crippen LogP contribution in [0.1, 0.15) is 0 Å². The van der Waals surface area contributed by atoms with Crippen molar-refractivity contribution in [3.63, 3.8) is 0 Å². The minimum atomic E-state index is -1.02. The summed E-state index contributed by atoms with van der Waals surface area (Å²) < 4.78 is 0. The summed E-state index contributed by atoms with van der Waals surface area (Å²) in [5, 5.41) is 9.18. The van der Waals surface area contributed by atoms with Crippen molar-refractivity contribution >= 4 is 35.2 Å². The van der Waals surface area contributed by atoms with Gasteiger partial charge < -0.3 is 10.0 Å². The van der Waals surface area contributed by atoms with Gasteiger partial charge in [-0.05, 0) is 24.3 Å². The number of aliphatic carboxylic acids is 1. The molecule has 0 unspecified atom stereocenters. The molecular formula is C11H12ClNO3S. The van der Waals surface area contributed by atoms with Gasteiger partial charge in [0.1, 0.15) is 6.54 Å². The Balaban J connectivity index is 2.42. The summed E-state index contributed by atoms with van der Waals surface area (Å²) >= 11 is 7.08. The third-order valence-corrected chi connectivity index (χ3v) is 3.22. The molecule has 0 aromatic heterocycles. The number of hydrogen-bond acceptors (Lipinski definition) is 3. The van der Waals surface area contributed by atoms with Gasteiger partial charge in [-0.3, -0.25) is 9.59 Å². The van der Waals surface area contributed by atoms with Crippen molar-refractivity contribution < 1.29 is 14.7 Å². The fourth-order valence-electron chi connectivity index (χ4n) is 1.08. The lowest BCUT2D eigenvalue weighted by Gasteiger charge is -2.13. The van der Waals surface area contributed by atoms with Crippen LogP contribution in [-0.4, -0.2) is 41.2 Å². The topological polar surface area (TPSA) is 57.6 Å². The Labute approximate surface area is 109 Å². The van der Waals surface area contributed by atoms with Gasteiger partial charge in [-0.2, -0.15) is 0 Å². The minimum absolute atomic E-state index is 0.214. The smallest absolute Gasteiger partial charge is 0.323 e. The first-order valence-corrected chi connectivity index (χ1v) is 6.19. The standard InChI is InChI=1S/C11H12ClNO3S/c1-13(6-11(15)16)10(14)7-17-9-4-2-8(12)3-5-9/h2-5H,6-7H2,1H3,(H,15,16). The fraction of sp³-hybridized carbons (Fsp3) is 0.273. The summed E-state index contributed by atoms with van der Waals surface area (Å²) in [4.78, 5) is 24.1. The predicted molar refractivity (Wildman–Crippen MR) is 67.4 cm³/mol. The summed E-state index contributed by atoms with van der Waals surface area (Å²) in [6.07, 6.45) is 0. The van der Waals surface area contributed by atoms with Gasteiger partial charge >= 0.3 is 5.97 Å². The Morgan fingerprint density at radius 3 is 2.47 bits per heavy atom. The number of rotatable bonds is 5. The van der Waals surface area contributed by atoms with Crippen molar-refractivity contribution in [3.05, 3.63) is 29.3 Å². The normalized spacial score (nSPS) is 10.0. The van der Waals surface area contributed by atoms with E-state index in [1.165, 1.54) is 23.7 Å². The quantitative estimate of drug-likeness (QED) is 0.834. The van der Waals surface area contributed by atoms with Gasteiger partial charge in [0.15, 0.2) is 0 Å². The van der Waals surface area contributed by atoms with Crippen LogP contribution in [-0.2, 0) is 9.59 Å². The Kier molecular flexibility index (Phi) is 5.31. The molecule has 1 rings (SSSR count). The van der Waals surface area contributed by atoms with E-state index in [1.807, 2.05) is 12.1 Å². The van der Waals surface area contributed by atoms with Crippen molar-refractivity contribution in [3.8, 4) is 0 Å². The number of likely N-dealkylation sites (N-methyl/N-ethyl adjacent to an activating group) is 1. The number of carboxylic acids is 1. The first-order chi connectivity index (χ1) is 7.99. The van der Waals surface area contributed by atoms with Crippen LogP contribution in [0.5, 0.6) is 0 Å². The van der Waals surface area contributed by atoms with E-state index in [4.69, 9.17) is 16.7 Å². The third kappa shape index (κ3) is 5.10. The molecule has 1 aromatic rings. The van der Waals surface area contributed by atoms with Crippen LogP contribution in [0.25, 0.3) is 0 Å². The van der Waals surface area contributed by atoms with Gasteiger partial charge in [0, 0.05) is 17.0 Å². The number of nitrogens with zero attached hydrogens (tertiary/aromatic N) is 1. The zero-order valence-corrected chi connectivity index (χ0v) is 10.8. The first kappa shape index (κ1) is 13.9. The lowest BCUT2D eigenvalue weighted by Crippen LogP contribution is -2.33. The number of thioether (sulfide) groups is 1. The Hall–Kier alpha value is -1.20. The summed E-state index contributed by atoms with van der Waals surface area (Å²) in [5.41, 5.74) is 0. The molecule has 1 aromatic carbocycles. The van der Waals surface area contributed by atoms with Crippen LogP contribution in [0.4, 0.5) is 0 Å². The van der Waals surface area contributed by atoms with Crippen LogP contribution in [0, 0.1) is 0 Å². The second kappa shape index (κ2) is 6.51. The van der Waals surface area contributed by atoms with Crippen molar-refractivity contribution in [2.75, 3.05) is 19.3 Å². The number of halogens is 1. The van der Waals surface area contributed by atoms with E-state index >= 15 is 0 Å². The molecule has 0 saturated heterocycles. The molecule has 0 fully saturated rings. The molecule has 17 heavy (non-hydrogen) atoms. The van der Waals surface area contributed by atoms with Gasteiger partial charge in [-0.25, -0.2) is 0 Å². The average Bonchev–Trinajstić information content (AvgIpc) is 2.27. The zero-order valence-electron chi connectivity index (χ0n) is 9.22. The Morgan fingerprint density at radius 2 is 1.94 bits per heavy atom. The van der Waals surface area contributed by atoms with E-state index in [0.29, 0.717) is 5.02 Å². The van der Waals surface area contributed by atoms with Gasteiger partial charge in [0.05, 0.1) is 5.75 Å². The van der Waals surface area contributed by atoms with E-state index in [9.17, 15) is 9.59 Å². The molecule has 1 N–H and O–H groups in total. The SMILES string of the molecule is CN(CC(=O)O)C(=O)CSc1ccc(Cl)cc1. The summed E-state index contributed by atoms with van der Waals surface area (Å²) in [6.45, 7) is -0.278. The maximum absolute atomic E-state index is 11.5. The molecule has 0 saturated carbocycles. The molecule has 0 aliphatic carbocycles. The number of carbonyl (C=O) groups excluding carboxylic acids is 1. The molecule has 0 aliphatic heterocycles. The molecule has 0 radical (unpaired) electrons. The van der Waals surface area contributed by atoms with Crippen LogP contribution in [0.3, 0.4) is 0 Å². The molecule has 0 atom stereocenters. The molecular weight excluding hydrogens is 262 g/mol. The van der Waals surface area contributed by atoms with Crippen LogP contribution >= 0.6 is 23.4 Å². The average molecular weight is 274 g/mol. The monoisotopic (exact) mass is 273 g/mol. The van der Waals surface area contributed by atoms with Crippen LogP contribution in [0.2, 0.25) is 5.02 Å². The van der Waals surface area contributed by atoms with E-state index in [1.54, 1.807) is 12.1 Å². The molecule has 1 amide bonds. The molecule has 0 spiro atoms. The number of amides is 1. The zero-order chi connectivity index (χ0) is 12.8. The maximum atomic E-state index is 11.5. The molecule has 92 valence electrons. The van der Waals surface area contributed by atoms with Gasteiger partial charge in [0.25, 0.3) is 0 Å². The lowest BCUT2D eigenvalue weighted by atomic mass is 10.4. The third-order valence-electron chi connectivity index (χ3n) is 1.97. The van der Waals surface area contributed by atoms with Crippen molar-refractivity contribution in [2.24, 2.45) is 0 Å². The Morgan fingerprint density at radius 1 is 1.35 bits per heavy atom. The van der Waals surface area contributed by atoms with Crippen molar-refractivity contribution in [2.45, 2.75) is 4.90 Å². The van der Waals surface area contributed by atoms with Crippen molar-refractivity contribution in [1.82, 2.24) is 4.90 Å². The second-order valence-corrected chi connectivity index (χ2v) is 4.87. The Bertz CT molecular complexity index is 408. The van der Waals surface area contributed by atoms with Crippen LogP contribution in [0.15, 0.2) is 29.2 Å². The van der Waals surface area contributed by atoms with Crippen molar-refractivity contribution in [1.29, 1.82) is 0 Å². The second-order valence-electron chi connectivity index (χ2n) is 3.39.